The Morgan fingerprint density at radius 3 is 2.29 bits per heavy atom. The highest BCUT2D eigenvalue weighted by atomic mass is 35.5. The topological polar surface area (TPSA) is 95.5 Å². The molecule has 1 aliphatic carbocycles. The van der Waals surface area contributed by atoms with Crippen molar-refractivity contribution in [1.82, 2.24) is 5.32 Å². The van der Waals surface area contributed by atoms with E-state index < -0.39 is 23.2 Å². The minimum absolute atomic E-state index is 0.0157. The molecule has 0 spiro atoms. The molecule has 0 unspecified atom stereocenters. The first-order valence-corrected chi connectivity index (χ1v) is 8.07. The highest BCUT2D eigenvalue weighted by Crippen LogP contribution is 2.58. The van der Waals surface area contributed by atoms with Crippen LogP contribution in [-0.4, -0.2) is 28.9 Å². The smallest absolute Gasteiger partial charge is 0.307 e. The molecule has 2 rings (SSSR count). The van der Waals surface area contributed by atoms with Gasteiger partial charge in [0.2, 0.25) is 5.91 Å². The van der Waals surface area contributed by atoms with E-state index in [2.05, 4.69) is 10.6 Å². The Kier molecular flexibility index (Phi) is 4.90. The maximum Gasteiger partial charge on any atom is 0.307 e. The Morgan fingerprint density at radius 2 is 1.83 bits per heavy atom. The predicted octanol–water partition coefficient (Wildman–Crippen LogP) is 2.77. The molecule has 1 fully saturated rings. The average molecular weight is 353 g/mol. The lowest BCUT2D eigenvalue weighted by atomic mass is 10.1. The van der Waals surface area contributed by atoms with Gasteiger partial charge in [-0.3, -0.25) is 14.4 Å². The van der Waals surface area contributed by atoms with E-state index in [0.717, 1.165) is 0 Å². The van der Waals surface area contributed by atoms with Gasteiger partial charge in [0, 0.05) is 11.7 Å². The van der Waals surface area contributed by atoms with Crippen molar-refractivity contribution in [2.24, 2.45) is 17.3 Å². The van der Waals surface area contributed by atoms with Crippen molar-refractivity contribution in [3.05, 3.63) is 28.8 Å². The molecule has 24 heavy (non-hydrogen) atoms. The van der Waals surface area contributed by atoms with Gasteiger partial charge in [-0.25, -0.2) is 0 Å². The van der Waals surface area contributed by atoms with Gasteiger partial charge in [-0.1, -0.05) is 25.4 Å². The molecule has 0 bridgehead atoms. The third-order valence-electron chi connectivity index (χ3n) is 4.28. The molecule has 1 saturated carbocycles. The van der Waals surface area contributed by atoms with Crippen LogP contribution in [0.5, 0.6) is 0 Å². The van der Waals surface area contributed by atoms with Crippen LogP contribution in [0.15, 0.2) is 18.2 Å². The molecule has 7 heteroatoms. The molecular formula is C17H21ClN2O4. The van der Waals surface area contributed by atoms with Gasteiger partial charge in [0.1, 0.15) is 0 Å². The first-order valence-electron chi connectivity index (χ1n) is 7.69. The van der Waals surface area contributed by atoms with Gasteiger partial charge in [-0.05, 0) is 37.5 Å². The molecule has 1 aromatic carbocycles. The minimum atomic E-state index is -0.973. The maximum atomic E-state index is 12.3. The van der Waals surface area contributed by atoms with E-state index in [-0.39, 0.29) is 22.9 Å². The van der Waals surface area contributed by atoms with Crippen LogP contribution in [0.25, 0.3) is 0 Å². The molecule has 1 aliphatic rings. The number of anilines is 1. The largest absolute Gasteiger partial charge is 0.481 e. The minimum Gasteiger partial charge on any atom is -0.481 e. The number of hydrogen-bond donors (Lipinski definition) is 3. The molecule has 2 atom stereocenters. The second-order valence-electron chi connectivity index (χ2n) is 6.93. The lowest BCUT2D eigenvalue weighted by Crippen LogP contribution is -2.30. The van der Waals surface area contributed by atoms with Crippen molar-refractivity contribution in [3.8, 4) is 0 Å². The lowest BCUT2D eigenvalue weighted by molar-refractivity contribution is -0.140. The highest BCUT2D eigenvalue weighted by molar-refractivity contribution is 6.34. The molecule has 0 saturated heterocycles. The number of rotatable bonds is 5. The summed E-state index contributed by atoms with van der Waals surface area (Å²) in [6.45, 7) is 7.19. The number of carboxylic acids is 1. The Hall–Kier alpha value is -2.08. The van der Waals surface area contributed by atoms with Crippen LogP contribution < -0.4 is 10.6 Å². The van der Waals surface area contributed by atoms with Gasteiger partial charge in [-0.2, -0.15) is 0 Å². The number of nitrogens with one attached hydrogen (secondary N) is 2. The van der Waals surface area contributed by atoms with Crippen molar-refractivity contribution >= 4 is 35.1 Å². The Morgan fingerprint density at radius 1 is 1.21 bits per heavy atom. The molecule has 0 heterocycles. The lowest BCUT2D eigenvalue weighted by Gasteiger charge is -2.11. The fraction of sp³-hybridized carbons (Fsp3) is 0.471. The summed E-state index contributed by atoms with van der Waals surface area (Å²) < 4.78 is 0. The summed E-state index contributed by atoms with van der Waals surface area (Å²) in [5.74, 6) is -2.90. The molecular weight excluding hydrogens is 332 g/mol. The van der Waals surface area contributed by atoms with Gasteiger partial charge < -0.3 is 15.7 Å². The fourth-order valence-corrected chi connectivity index (χ4v) is 3.19. The Bertz CT molecular complexity index is 700. The summed E-state index contributed by atoms with van der Waals surface area (Å²) in [6, 6.07) is 4.57. The van der Waals surface area contributed by atoms with Crippen LogP contribution in [0.4, 0.5) is 5.69 Å². The third-order valence-corrected chi connectivity index (χ3v) is 4.59. The standard InChI is InChI=1S/C17H21ClN2O4/c1-8(2)19-14(21)10-6-5-9(7-11(10)18)20-15(22)12-13(16(23)24)17(12,3)4/h5-8,12-13H,1-4H3,(H,19,21)(H,20,22)(H,23,24)/t12-,13+/m1/s1. The van der Waals surface area contributed by atoms with E-state index in [4.69, 9.17) is 16.7 Å². The Balaban J connectivity index is 2.09. The van der Waals surface area contributed by atoms with Gasteiger partial charge in [0.05, 0.1) is 22.4 Å². The highest BCUT2D eigenvalue weighted by Gasteiger charge is 2.65. The van der Waals surface area contributed by atoms with E-state index in [1.165, 1.54) is 12.1 Å². The number of benzene rings is 1. The van der Waals surface area contributed by atoms with Crippen LogP contribution in [-0.2, 0) is 9.59 Å². The zero-order chi connectivity index (χ0) is 18.2. The predicted molar refractivity (Wildman–Crippen MR) is 91.1 cm³/mol. The van der Waals surface area contributed by atoms with Gasteiger partial charge in [0.15, 0.2) is 0 Å². The number of aliphatic carboxylic acids is 1. The summed E-state index contributed by atoms with van der Waals surface area (Å²) in [4.78, 5) is 35.4. The molecule has 3 N–H and O–H groups in total. The molecule has 130 valence electrons. The van der Waals surface area contributed by atoms with Gasteiger partial charge in [0.25, 0.3) is 5.91 Å². The zero-order valence-corrected chi connectivity index (χ0v) is 14.8. The zero-order valence-electron chi connectivity index (χ0n) is 14.0. The first kappa shape index (κ1) is 18.3. The van der Waals surface area contributed by atoms with Crippen molar-refractivity contribution < 1.29 is 19.5 Å². The monoisotopic (exact) mass is 352 g/mol. The van der Waals surface area contributed by atoms with E-state index in [1.807, 2.05) is 13.8 Å². The number of amides is 2. The molecule has 6 nitrogen and oxygen atoms in total. The number of carbonyl (C=O) groups excluding carboxylic acids is 2. The SMILES string of the molecule is CC(C)NC(=O)c1ccc(NC(=O)[C@H]2[C@@H](C(=O)O)C2(C)C)cc1Cl. The summed E-state index contributed by atoms with van der Waals surface area (Å²) in [6.07, 6.45) is 0. The maximum absolute atomic E-state index is 12.3. The molecule has 0 radical (unpaired) electrons. The van der Waals surface area contributed by atoms with Crippen molar-refractivity contribution in [1.29, 1.82) is 0 Å². The van der Waals surface area contributed by atoms with Crippen LogP contribution in [0.1, 0.15) is 38.1 Å². The summed E-state index contributed by atoms with van der Waals surface area (Å²) in [5.41, 5.74) is 0.174. The molecule has 0 aromatic heterocycles. The van der Waals surface area contributed by atoms with Gasteiger partial charge in [-0.15, -0.1) is 0 Å². The second kappa shape index (κ2) is 6.43. The molecule has 2 amide bonds. The van der Waals surface area contributed by atoms with Crippen molar-refractivity contribution in [2.75, 3.05) is 5.32 Å². The summed E-state index contributed by atoms with van der Waals surface area (Å²) in [5, 5.41) is 14.8. The Labute approximate surface area is 145 Å². The second-order valence-corrected chi connectivity index (χ2v) is 7.33. The summed E-state index contributed by atoms with van der Waals surface area (Å²) >= 11 is 6.12. The molecule has 1 aromatic rings. The third kappa shape index (κ3) is 3.53. The molecule has 0 aliphatic heterocycles. The fourth-order valence-electron chi connectivity index (χ4n) is 2.92. The number of carbonyl (C=O) groups is 3. The quantitative estimate of drug-likeness (QED) is 0.759. The number of carboxylic acid groups (broad SMARTS) is 1. The summed E-state index contributed by atoms with van der Waals surface area (Å²) in [7, 11) is 0. The van der Waals surface area contributed by atoms with Crippen LogP contribution in [0, 0.1) is 17.3 Å². The van der Waals surface area contributed by atoms with E-state index in [1.54, 1.807) is 19.9 Å². The average Bonchev–Trinajstić information content (AvgIpc) is 3.01. The normalized spacial score (nSPS) is 21.2. The van der Waals surface area contributed by atoms with Gasteiger partial charge >= 0.3 is 5.97 Å². The van der Waals surface area contributed by atoms with Crippen molar-refractivity contribution in [3.63, 3.8) is 0 Å². The number of halogens is 1. The van der Waals surface area contributed by atoms with Crippen LogP contribution in [0.3, 0.4) is 0 Å². The van der Waals surface area contributed by atoms with Crippen LogP contribution in [0.2, 0.25) is 5.02 Å². The number of hydrogen-bond acceptors (Lipinski definition) is 3. The van der Waals surface area contributed by atoms with E-state index in [0.29, 0.717) is 11.3 Å². The first-order chi connectivity index (χ1) is 11.1. The van der Waals surface area contributed by atoms with Crippen molar-refractivity contribution in [2.45, 2.75) is 33.7 Å². The van der Waals surface area contributed by atoms with Crippen LogP contribution >= 0.6 is 11.6 Å². The van der Waals surface area contributed by atoms with E-state index in [9.17, 15) is 14.4 Å². The van der Waals surface area contributed by atoms with E-state index >= 15 is 0 Å².